The molecule has 3 N–H and O–H groups in total. The second-order valence-electron chi connectivity index (χ2n) is 5.50. The Morgan fingerprint density at radius 3 is 2.65 bits per heavy atom. The summed E-state index contributed by atoms with van der Waals surface area (Å²) in [6, 6.07) is 11.7. The maximum atomic E-state index is 13.8. The van der Waals surface area contributed by atoms with Gasteiger partial charge in [0.15, 0.2) is 11.6 Å². The van der Waals surface area contributed by atoms with Gasteiger partial charge in [-0.1, -0.05) is 29.8 Å². The molecule has 4 aromatic rings. The Balaban J connectivity index is 1.78. The molecule has 0 unspecified atom stereocenters. The minimum absolute atomic E-state index is 0.0508. The van der Waals surface area contributed by atoms with Gasteiger partial charge >= 0.3 is 0 Å². The fourth-order valence-electron chi connectivity index (χ4n) is 2.62. The molecule has 0 radical (unpaired) electrons. The van der Waals surface area contributed by atoms with Crippen molar-refractivity contribution in [3.8, 4) is 22.9 Å². The Kier molecular flexibility index (Phi) is 3.93. The van der Waals surface area contributed by atoms with Gasteiger partial charge in [-0.15, -0.1) is 0 Å². The molecule has 0 aliphatic heterocycles. The highest BCUT2D eigenvalue weighted by Gasteiger charge is 2.17. The van der Waals surface area contributed by atoms with Crippen LogP contribution in [0.4, 0.5) is 14.6 Å². The summed E-state index contributed by atoms with van der Waals surface area (Å²) in [5.74, 6) is -1.51. The number of ether oxygens (including phenoxy) is 1. The van der Waals surface area contributed by atoms with Crippen LogP contribution in [0.3, 0.4) is 0 Å². The molecule has 0 fully saturated rings. The van der Waals surface area contributed by atoms with Gasteiger partial charge in [0.2, 0.25) is 5.88 Å². The molecular weight excluding hydrogens is 362 g/mol. The van der Waals surface area contributed by atoms with Crippen LogP contribution >= 0.6 is 11.6 Å². The number of aromatic amines is 1. The number of aromatic nitrogens is 3. The van der Waals surface area contributed by atoms with Crippen LogP contribution in [0.2, 0.25) is 5.02 Å². The first kappa shape index (κ1) is 16.3. The summed E-state index contributed by atoms with van der Waals surface area (Å²) < 4.78 is 32.1. The van der Waals surface area contributed by atoms with Crippen LogP contribution in [0.1, 0.15) is 0 Å². The van der Waals surface area contributed by atoms with Gasteiger partial charge < -0.3 is 10.5 Å². The number of nitrogen functional groups attached to an aromatic ring is 1. The Morgan fingerprint density at radius 1 is 1.08 bits per heavy atom. The van der Waals surface area contributed by atoms with Crippen molar-refractivity contribution in [2.45, 2.75) is 0 Å². The third-order valence-electron chi connectivity index (χ3n) is 3.79. The Labute approximate surface area is 151 Å². The molecule has 8 heteroatoms. The van der Waals surface area contributed by atoms with Crippen LogP contribution in [0.25, 0.3) is 22.2 Å². The second kappa shape index (κ2) is 6.27. The Hall–Kier alpha value is -3.19. The number of halogens is 3. The Bertz CT molecular complexity index is 1130. The number of nitrogens with two attached hydrogens (primary N) is 1. The average Bonchev–Trinajstić information content (AvgIpc) is 3.02. The number of nitrogens with one attached hydrogen (secondary N) is 1. The SMILES string of the molecule is Nc1nc(Oc2ccc(F)cc2F)cc2[nH]nc(-c3ccccc3Cl)c12. The van der Waals surface area contributed by atoms with E-state index >= 15 is 0 Å². The van der Waals surface area contributed by atoms with Gasteiger partial charge in [-0.3, -0.25) is 5.10 Å². The quantitative estimate of drug-likeness (QED) is 0.534. The van der Waals surface area contributed by atoms with Crippen molar-refractivity contribution in [1.82, 2.24) is 15.2 Å². The molecule has 0 amide bonds. The van der Waals surface area contributed by atoms with Crippen molar-refractivity contribution in [3.05, 3.63) is 65.2 Å². The first-order chi connectivity index (χ1) is 12.5. The largest absolute Gasteiger partial charge is 0.436 e. The zero-order valence-corrected chi connectivity index (χ0v) is 13.9. The summed E-state index contributed by atoms with van der Waals surface area (Å²) in [4.78, 5) is 4.14. The lowest BCUT2D eigenvalue weighted by molar-refractivity contribution is 0.425. The summed E-state index contributed by atoms with van der Waals surface area (Å²) >= 11 is 6.23. The van der Waals surface area contributed by atoms with E-state index in [0.717, 1.165) is 12.1 Å². The zero-order valence-electron chi connectivity index (χ0n) is 13.1. The summed E-state index contributed by atoms with van der Waals surface area (Å²) in [7, 11) is 0. The lowest BCUT2D eigenvalue weighted by Crippen LogP contribution is -1.97. The minimum Gasteiger partial charge on any atom is -0.436 e. The highest BCUT2D eigenvalue weighted by atomic mass is 35.5. The fraction of sp³-hybridized carbons (Fsp3) is 0. The maximum Gasteiger partial charge on any atom is 0.223 e. The predicted octanol–water partition coefficient (Wildman–Crippen LogP) is 4.93. The van der Waals surface area contributed by atoms with Crippen molar-refractivity contribution in [2.75, 3.05) is 5.73 Å². The number of benzene rings is 2. The number of rotatable bonds is 3. The number of hydrogen-bond acceptors (Lipinski definition) is 4. The smallest absolute Gasteiger partial charge is 0.223 e. The van der Waals surface area contributed by atoms with Gasteiger partial charge in [-0.25, -0.2) is 8.78 Å². The highest BCUT2D eigenvalue weighted by Crippen LogP contribution is 2.36. The molecule has 0 spiro atoms. The number of anilines is 1. The van der Waals surface area contributed by atoms with Crippen LogP contribution < -0.4 is 10.5 Å². The van der Waals surface area contributed by atoms with Crippen LogP contribution in [0, 0.1) is 11.6 Å². The van der Waals surface area contributed by atoms with Gasteiger partial charge in [0.05, 0.1) is 15.9 Å². The molecule has 0 saturated carbocycles. The lowest BCUT2D eigenvalue weighted by Gasteiger charge is -2.08. The van der Waals surface area contributed by atoms with Gasteiger partial charge in [0.25, 0.3) is 0 Å². The first-order valence-corrected chi connectivity index (χ1v) is 7.93. The fourth-order valence-corrected chi connectivity index (χ4v) is 2.85. The van der Waals surface area contributed by atoms with Gasteiger partial charge in [-0.2, -0.15) is 10.1 Å². The van der Waals surface area contributed by atoms with E-state index in [9.17, 15) is 8.78 Å². The first-order valence-electron chi connectivity index (χ1n) is 7.55. The van der Waals surface area contributed by atoms with Crippen molar-refractivity contribution >= 4 is 28.3 Å². The van der Waals surface area contributed by atoms with E-state index in [-0.39, 0.29) is 17.4 Å². The van der Waals surface area contributed by atoms with Crippen molar-refractivity contribution in [2.24, 2.45) is 0 Å². The summed E-state index contributed by atoms with van der Waals surface area (Å²) in [5, 5.41) is 8.19. The lowest BCUT2D eigenvalue weighted by atomic mass is 10.1. The van der Waals surface area contributed by atoms with Crippen molar-refractivity contribution in [1.29, 1.82) is 0 Å². The van der Waals surface area contributed by atoms with E-state index in [0.29, 0.717) is 27.2 Å². The topological polar surface area (TPSA) is 76.8 Å². The number of nitrogens with zero attached hydrogens (tertiary/aromatic N) is 2. The van der Waals surface area contributed by atoms with E-state index in [1.807, 2.05) is 18.2 Å². The minimum atomic E-state index is -0.841. The zero-order chi connectivity index (χ0) is 18.3. The molecule has 130 valence electrons. The number of H-pyrrole nitrogens is 1. The van der Waals surface area contributed by atoms with Gasteiger partial charge in [-0.05, 0) is 18.2 Å². The molecule has 2 aromatic heterocycles. The molecule has 0 atom stereocenters. The van der Waals surface area contributed by atoms with Crippen molar-refractivity contribution < 1.29 is 13.5 Å². The molecule has 2 heterocycles. The second-order valence-corrected chi connectivity index (χ2v) is 5.90. The monoisotopic (exact) mass is 372 g/mol. The van der Waals surface area contributed by atoms with E-state index < -0.39 is 11.6 Å². The van der Waals surface area contributed by atoms with Crippen LogP contribution in [-0.4, -0.2) is 15.2 Å². The van der Waals surface area contributed by atoms with Gasteiger partial charge in [0, 0.05) is 17.7 Å². The standard InChI is InChI=1S/C18H11ClF2N4O/c19-11-4-2-1-3-10(11)17-16-13(24-25-17)8-15(23-18(16)22)26-14-6-5-9(20)7-12(14)21/h1-8H,(H2,22,23)(H,24,25). The normalized spacial score (nSPS) is 11.0. The summed E-state index contributed by atoms with van der Waals surface area (Å²) in [5.41, 5.74) is 7.86. The van der Waals surface area contributed by atoms with E-state index in [4.69, 9.17) is 22.1 Å². The van der Waals surface area contributed by atoms with E-state index in [2.05, 4.69) is 15.2 Å². The molecule has 2 aromatic carbocycles. The van der Waals surface area contributed by atoms with Gasteiger partial charge in [0.1, 0.15) is 17.3 Å². The molecule has 0 aliphatic carbocycles. The summed E-state index contributed by atoms with van der Waals surface area (Å²) in [6.07, 6.45) is 0. The summed E-state index contributed by atoms with van der Waals surface area (Å²) in [6.45, 7) is 0. The third-order valence-corrected chi connectivity index (χ3v) is 4.12. The van der Waals surface area contributed by atoms with Crippen LogP contribution in [0.5, 0.6) is 11.6 Å². The van der Waals surface area contributed by atoms with E-state index in [1.165, 1.54) is 12.1 Å². The highest BCUT2D eigenvalue weighted by molar-refractivity contribution is 6.33. The molecule has 5 nitrogen and oxygen atoms in total. The third kappa shape index (κ3) is 2.82. The number of fused-ring (bicyclic) bond motifs is 1. The molecule has 4 rings (SSSR count). The maximum absolute atomic E-state index is 13.8. The molecular formula is C18H11ClF2N4O. The molecule has 0 aliphatic rings. The van der Waals surface area contributed by atoms with Crippen molar-refractivity contribution in [3.63, 3.8) is 0 Å². The molecule has 0 saturated heterocycles. The Morgan fingerprint density at radius 2 is 1.88 bits per heavy atom. The average molecular weight is 373 g/mol. The number of hydrogen-bond donors (Lipinski definition) is 2. The van der Waals surface area contributed by atoms with Crippen LogP contribution in [0.15, 0.2) is 48.5 Å². The van der Waals surface area contributed by atoms with E-state index in [1.54, 1.807) is 6.07 Å². The number of pyridine rings is 1. The molecule has 26 heavy (non-hydrogen) atoms. The predicted molar refractivity (Wildman–Crippen MR) is 95.2 cm³/mol. The van der Waals surface area contributed by atoms with Crippen LogP contribution in [-0.2, 0) is 0 Å². The molecule has 0 bridgehead atoms.